The van der Waals surface area contributed by atoms with Crippen molar-refractivity contribution < 1.29 is 28.8 Å². The standard InChI is InChI=1S/2C16H36N.C4H4O4/c2*1-5-9-13-17(14-10-6-2,15-11-7-3)16-12-8-4;5-3(6)1-2-4(7)8/h2*5-16H2,1-4H3;1-2H,(H,5,6)(H,7,8)/q2*+1;/b;;2-1+. The summed E-state index contributed by atoms with van der Waals surface area (Å²) in [6.45, 7) is 30.0. The normalized spacial score (nSPS) is 11.5. The van der Waals surface area contributed by atoms with E-state index in [1.807, 2.05) is 0 Å². The van der Waals surface area contributed by atoms with Crippen LogP contribution in [0.2, 0.25) is 0 Å². The molecular weight excluding hydrogens is 524 g/mol. The zero-order valence-corrected chi connectivity index (χ0v) is 29.7. The summed E-state index contributed by atoms with van der Waals surface area (Å²) in [6, 6.07) is 0. The zero-order valence-electron chi connectivity index (χ0n) is 29.7. The first kappa shape index (κ1) is 45.0. The molecule has 42 heavy (non-hydrogen) atoms. The fourth-order valence-electron chi connectivity index (χ4n) is 5.43. The summed E-state index contributed by atoms with van der Waals surface area (Å²) < 4.78 is 2.84. The Balaban J connectivity index is -0.000000579. The third-order valence-electron chi connectivity index (χ3n) is 8.26. The number of hydrogen-bond acceptors (Lipinski definition) is 2. The van der Waals surface area contributed by atoms with Crippen molar-refractivity contribution in [2.24, 2.45) is 0 Å². The van der Waals surface area contributed by atoms with Gasteiger partial charge < -0.3 is 19.2 Å². The Hall–Kier alpha value is -1.40. The van der Waals surface area contributed by atoms with Crippen LogP contribution in [-0.2, 0) is 9.59 Å². The van der Waals surface area contributed by atoms with E-state index in [0.717, 1.165) is 0 Å². The van der Waals surface area contributed by atoms with E-state index in [1.54, 1.807) is 0 Å². The number of rotatable bonds is 26. The molecule has 0 radical (unpaired) electrons. The minimum absolute atomic E-state index is 0.558. The highest BCUT2D eigenvalue weighted by atomic mass is 16.4. The molecule has 0 atom stereocenters. The van der Waals surface area contributed by atoms with Crippen LogP contribution >= 0.6 is 0 Å². The molecule has 0 aromatic rings. The molecule has 0 saturated carbocycles. The second kappa shape index (κ2) is 32.5. The predicted molar refractivity (Wildman–Crippen MR) is 183 cm³/mol. The highest BCUT2D eigenvalue weighted by molar-refractivity contribution is 5.89. The van der Waals surface area contributed by atoms with Gasteiger partial charge in [0.2, 0.25) is 0 Å². The van der Waals surface area contributed by atoms with Gasteiger partial charge in [-0.2, -0.15) is 0 Å². The largest absolute Gasteiger partial charge is 0.478 e. The monoisotopic (exact) mass is 601 g/mol. The maximum atomic E-state index is 9.55. The Morgan fingerprint density at radius 1 is 0.381 bits per heavy atom. The van der Waals surface area contributed by atoms with Crippen molar-refractivity contribution in [3.05, 3.63) is 12.2 Å². The lowest BCUT2D eigenvalue weighted by Crippen LogP contribution is -2.50. The van der Waals surface area contributed by atoms with Crippen LogP contribution in [0.4, 0.5) is 0 Å². The molecule has 0 rings (SSSR count). The molecule has 6 heteroatoms. The fourth-order valence-corrected chi connectivity index (χ4v) is 5.43. The number of carboxylic acids is 2. The molecule has 0 saturated heterocycles. The summed E-state index contributed by atoms with van der Waals surface area (Å²) in [5.74, 6) is -2.51. The van der Waals surface area contributed by atoms with E-state index in [2.05, 4.69) is 55.4 Å². The molecule has 0 unspecified atom stereocenters. The van der Waals surface area contributed by atoms with Crippen molar-refractivity contribution in [1.82, 2.24) is 0 Å². The first-order valence-corrected chi connectivity index (χ1v) is 18.0. The Morgan fingerprint density at radius 3 is 0.619 bits per heavy atom. The molecule has 0 fully saturated rings. The number of carboxylic acid groups (broad SMARTS) is 2. The van der Waals surface area contributed by atoms with Gasteiger partial charge in [0, 0.05) is 12.2 Å². The average molecular weight is 601 g/mol. The van der Waals surface area contributed by atoms with Crippen LogP contribution in [0.5, 0.6) is 0 Å². The molecule has 0 amide bonds. The van der Waals surface area contributed by atoms with Gasteiger partial charge in [0.1, 0.15) is 0 Å². The molecule has 0 aliphatic heterocycles. The van der Waals surface area contributed by atoms with E-state index in [9.17, 15) is 9.59 Å². The van der Waals surface area contributed by atoms with Gasteiger partial charge in [-0.05, 0) is 51.4 Å². The van der Waals surface area contributed by atoms with Gasteiger partial charge in [0.15, 0.2) is 0 Å². The highest BCUT2D eigenvalue weighted by Crippen LogP contribution is 2.17. The van der Waals surface area contributed by atoms with E-state index in [1.165, 1.54) is 164 Å². The molecule has 0 aromatic carbocycles. The van der Waals surface area contributed by atoms with Gasteiger partial charge in [0.05, 0.1) is 52.4 Å². The van der Waals surface area contributed by atoms with Crippen LogP contribution in [0.25, 0.3) is 0 Å². The minimum Gasteiger partial charge on any atom is -0.478 e. The van der Waals surface area contributed by atoms with Gasteiger partial charge >= 0.3 is 11.9 Å². The summed E-state index contributed by atoms with van der Waals surface area (Å²) in [6.07, 6.45) is 23.2. The number of carbonyl (C=O) groups is 2. The number of hydrogen-bond donors (Lipinski definition) is 2. The molecule has 0 aliphatic rings. The van der Waals surface area contributed by atoms with Crippen LogP contribution in [0.15, 0.2) is 12.2 Å². The minimum atomic E-state index is -1.26. The predicted octanol–water partition coefficient (Wildman–Crippen LogP) is 9.72. The van der Waals surface area contributed by atoms with Crippen LogP contribution in [0, 0.1) is 0 Å². The smallest absolute Gasteiger partial charge is 0.328 e. The second-order valence-corrected chi connectivity index (χ2v) is 12.3. The van der Waals surface area contributed by atoms with Crippen LogP contribution in [0.3, 0.4) is 0 Å². The molecule has 252 valence electrons. The van der Waals surface area contributed by atoms with Gasteiger partial charge in [-0.1, -0.05) is 107 Å². The quantitative estimate of drug-likeness (QED) is 0.0765. The molecule has 6 nitrogen and oxygen atoms in total. The first-order valence-electron chi connectivity index (χ1n) is 18.0. The zero-order chi connectivity index (χ0) is 32.5. The number of unbranched alkanes of at least 4 members (excludes halogenated alkanes) is 8. The molecule has 0 spiro atoms. The highest BCUT2D eigenvalue weighted by Gasteiger charge is 2.25. The molecule has 2 N–H and O–H groups in total. The van der Waals surface area contributed by atoms with E-state index >= 15 is 0 Å². The van der Waals surface area contributed by atoms with Crippen LogP contribution in [-0.4, -0.2) is 83.5 Å². The molecule has 0 heterocycles. The van der Waals surface area contributed by atoms with E-state index in [0.29, 0.717) is 12.2 Å². The summed E-state index contributed by atoms with van der Waals surface area (Å²) in [5.41, 5.74) is 0. The lowest BCUT2D eigenvalue weighted by molar-refractivity contribution is -0.929. The Morgan fingerprint density at radius 2 is 0.524 bits per heavy atom. The Kier molecular flexibility index (Phi) is 34.9. The summed E-state index contributed by atoms with van der Waals surface area (Å²) >= 11 is 0. The summed E-state index contributed by atoms with van der Waals surface area (Å²) in [4.78, 5) is 19.1. The molecule has 0 aliphatic carbocycles. The van der Waals surface area contributed by atoms with E-state index in [-0.39, 0.29) is 0 Å². The first-order chi connectivity index (χ1) is 20.1. The van der Waals surface area contributed by atoms with Crippen molar-refractivity contribution in [2.45, 2.75) is 158 Å². The fraction of sp³-hybridized carbons (Fsp3) is 0.889. The van der Waals surface area contributed by atoms with Crippen molar-refractivity contribution in [3.8, 4) is 0 Å². The topological polar surface area (TPSA) is 74.6 Å². The second-order valence-electron chi connectivity index (χ2n) is 12.3. The third kappa shape index (κ3) is 28.7. The van der Waals surface area contributed by atoms with E-state index < -0.39 is 11.9 Å². The number of nitrogens with zero attached hydrogens (tertiary/aromatic N) is 2. The van der Waals surface area contributed by atoms with Gasteiger partial charge in [-0.15, -0.1) is 0 Å². The lowest BCUT2D eigenvalue weighted by Gasteiger charge is -2.39. The molecular formula is C36H76N2O4+2. The molecule has 0 aromatic heterocycles. The number of aliphatic carboxylic acids is 2. The van der Waals surface area contributed by atoms with E-state index in [4.69, 9.17) is 10.2 Å². The van der Waals surface area contributed by atoms with Gasteiger partial charge in [-0.25, -0.2) is 9.59 Å². The maximum Gasteiger partial charge on any atom is 0.328 e. The Labute approximate surface area is 263 Å². The van der Waals surface area contributed by atoms with Gasteiger partial charge in [-0.3, -0.25) is 0 Å². The maximum absolute atomic E-state index is 9.55. The van der Waals surface area contributed by atoms with Crippen LogP contribution < -0.4 is 0 Å². The van der Waals surface area contributed by atoms with Crippen molar-refractivity contribution in [3.63, 3.8) is 0 Å². The summed E-state index contributed by atoms with van der Waals surface area (Å²) in [5, 5.41) is 15.6. The SMILES string of the molecule is CCCC[N+](CCCC)(CCCC)CCCC.CCCC[N+](CCCC)(CCCC)CCCC.O=C(O)/C=C/C(=O)O. The van der Waals surface area contributed by atoms with Crippen LogP contribution in [0.1, 0.15) is 158 Å². The van der Waals surface area contributed by atoms with Gasteiger partial charge in [0.25, 0.3) is 0 Å². The lowest BCUT2D eigenvalue weighted by atomic mass is 10.1. The number of quaternary nitrogens is 2. The van der Waals surface area contributed by atoms with Crippen molar-refractivity contribution in [1.29, 1.82) is 0 Å². The van der Waals surface area contributed by atoms with Crippen molar-refractivity contribution in [2.75, 3.05) is 52.4 Å². The van der Waals surface area contributed by atoms with Crippen molar-refractivity contribution >= 4 is 11.9 Å². The Bertz CT molecular complexity index is 495. The average Bonchev–Trinajstić information content (AvgIpc) is 2.99. The summed E-state index contributed by atoms with van der Waals surface area (Å²) in [7, 11) is 0. The third-order valence-corrected chi connectivity index (χ3v) is 8.26. The molecule has 0 bridgehead atoms.